The van der Waals surface area contributed by atoms with Crippen LogP contribution in [0.5, 0.6) is 0 Å². The molecule has 124 valence electrons. The predicted molar refractivity (Wildman–Crippen MR) is 93.2 cm³/mol. The number of hydrogen-bond acceptors (Lipinski definition) is 1. The highest BCUT2D eigenvalue weighted by molar-refractivity contribution is 4.74. The SMILES string of the molecule is CCCC(CC)(CC)CC.CCCC(CC)(CC)CO. The summed E-state index contributed by atoms with van der Waals surface area (Å²) in [5.74, 6) is 0. The Hall–Kier alpha value is -0.0400. The first-order chi connectivity index (χ1) is 9.49. The zero-order valence-corrected chi connectivity index (χ0v) is 15.5. The minimum absolute atomic E-state index is 0.231. The molecule has 1 nitrogen and oxygen atoms in total. The van der Waals surface area contributed by atoms with Gasteiger partial charge in [-0.05, 0) is 36.5 Å². The first kappa shape index (κ1) is 22.2. The Morgan fingerprint density at radius 2 is 0.850 bits per heavy atom. The molecule has 0 fully saturated rings. The van der Waals surface area contributed by atoms with E-state index in [0.717, 1.165) is 19.3 Å². The van der Waals surface area contributed by atoms with E-state index in [1.165, 1.54) is 38.5 Å². The molecule has 20 heavy (non-hydrogen) atoms. The van der Waals surface area contributed by atoms with E-state index in [0.29, 0.717) is 12.0 Å². The Morgan fingerprint density at radius 1 is 0.550 bits per heavy atom. The summed E-state index contributed by atoms with van der Waals surface area (Å²) in [6.07, 6.45) is 11.4. The third-order valence-corrected chi connectivity index (χ3v) is 5.65. The van der Waals surface area contributed by atoms with Gasteiger partial charge in [0.05, 0.1) is 0 Å². The average Bonchev–Trinajstić information content (AvgIpc) is 2.51. The second kappa shape index (κ2) is 12.7. The van der Waals surface area contributed by atoms with Crippen LogP contribution in [0.1, 0.15) is 106 Å². The van der Waals surface area contributed by atoms with Gasteiger partial charge in [0.25, 0.3) is 0 Å². The molecule has 0 aromatic rings. The number of rotatable bonds is 10. The third kappa shape index (κ3) is 7.67. The van der Waals surface area contributed by atoms with Crippen LogP contribution in [0.15, 0.2) is 0 Å². The lowest BCUT2D eigenvalue weighted by molar-refractivity contribution is 0.104. The molecule has 0 rings (SSSR count). The molecule has 0 saturated heterocycles. The van der Waals surface area contributed by atoms with Gasteiger partial charge in [-0.15, -0.1) is 0 Å². The van der Waals surface area contributed by atoms with Crippen LogP contribution in [-0.4, -0.2) is 11.7 Å². The van der Waals surface area contributed by atoms with Crippen molar-refractivity contribution >= 4 is 0 Å². The molecule has 0 bridgehead atoms. The molecular weight excluding hydrogens is 244 g/mol. The molecule has 0 spiro atoms. The maximum atomic E-state index is 9.11. The summed E-state index contributed by atoms with van der Waals surface area (Å²) in [6.45, 7) is 16.1. The van der Waals surface area contributed by atoms with Crippen molar-refractivity contribution in [1.29, 1.82) is 0 Å². The lowest BCUT2D eigenvalue weighted by Crippen LogP contribution is -2.23. The van der Waals surface area contributed by atoms with Crippen molar-refractivity contribution in [2.24, 2.45) is 10.8 Å². The quantitative estimate of drug-likeness (QED) is 0.480. The van der Waals surface area contributed by atoms with Crippen LogP contribution in [0.4, 0.5) is 0 Å². The summed E-state index contributed by atoms with van der Waals surface area (Å²) in [5, 5.41) is 9.11. The Bertz CT molecular complexity index is 151. The largest absolute Gasteiger partial charge is 0.396 e. The van der Waals surface area contributed by atoms with E-state index >= 15 is 0 Å². The molecule has 0 aromatic carbocycles. The Kier molecular flexibility index (Phi) is 14.1. The number of aliphatic hydroxyl groups excluding tert-OH is 1. The van der Waals surface area contributed by atoms with Crippen LogP contribution in [0, 0.1) is 10.8 Å². The summed E-state index contributed by atoms with van der Waals surface area (Å²) in [5.41, 5.74) is 0.906. The predicted octanol–water partition coefficient (Wildman–Crippen LogP) is 6.59. The molecule has 0 radical (unpaired) electrons. The minimum Gasteiger partial charge on any atom is -0.396 e. The van der Waals surface area contributed by atoms with Gasteiger partial charge in [0.1, 0.15) is 0 Å². The second-order valence-electron chi connectivity index (χ2n) is 6.43. The third-order valence-electron chi connectivity index (χ3n) is 5.65. The van der Waals surface area contributed by atoms with Gasteiger partial charge in [0, 0.05) is 6.61 Å². The van der Waals surface area contributed by atoms with E-state index in [4.69, 9.17) is 5.11 Å². The molecule has 1 heteroatoms. The standard InChI is InChI=1S/C10H22.C9H20O/c1-5-9-10(6-2,7-3)8-4;1-4-7-9(5-2,6-3)8-10/h5-9H2,1-4H3;10H,4-8H2,1-3H3. The fourth-order valence-corrected chi connectivity index (χ4v) is 3.25. The first-order valence-corrected chi connectivity index (χ1v) is 9.09. The van der Waals surface area contributed by atoms with Crippen molar-refractivity contribution in [2.45, 2.75) is 106 Å². The van der Waals surface area contributed by atoms with Crippen LogP contribution in [0.3, 0.4) is 0 Å². The lowest BCUT2D eigenvalue weighted by atomic mass is 9.76. The molecular formula is C19H42O. The molecule has 1 N–H and O–H groups in total. The highest BCUT2D eigenvalue weighted by Crippen LogP contribution is 2.35. The van der Waals surface area contributed by atoms with Gasteiger partial charge in [-0.2, -0.15) is 0 Å². The van der Waals surface area contributed by atoms with Crippen molar-refractivity contribution in [2.75, 3.05) is 6.61 Å². The van der Waals surface area contributed by atoms with Crippen molar-refractivity contribution in [3.8, 4) is 0 Å². The normalized spacial score (nSPS) is 12.0. The fraction of sp³-hybridized carbons (Fsp3) is 1.00. The van der Waals surface area contributed by atoms with Gasteiger partial charge in [0.2, 0.25) is 0 Å². The molecule has 0 aliphatic rings. The molecule has 0 atom stereocenters. The second-order valence-corrected chi connectivity index (χ2v) is 6.43. The summed E-state index contributed by atoms with van der Waals surface area (Å²) in [7, 11) is 0. The summed E-state index contributed by atoms with van der Waals surface area (Å²) in [6, 6.07) is 0. The van der Waals surface area contributed by atoms with Crippen LogP contribution >= 0.6 is 0 Å². The van der Waals surface area contributed by atoms with Crippen molar-refractivity contribution in [3.05, 3.63) is 0 Å². The van der Waals surface area contributed by atoms with Crippen molar-refractivity contribution in [3.63, 3.8) is 0 Å². The Balaban J connectivity index is 0. The molecule has 0 heterocycles. The minimum atomic E-state index is 0.231. The van der Waals surface area contributed by atoms with Gasteiger partial charge < -0.3 is 5.11 Å². The Labute approximate surface area is 129 Å². The molecule has 0 aromatic heterocycles. The van der Waals surface area contributed by atoms with Crippen molar-refractivity contribution < 1.29 is 5.11 Å². The maximum absolute atomic E-state index is 9.11. The Morgan fingerprint density at radius 3 is 0.950 bits per heavy atom. The molecule has 0 aliphatic carbocycles. The van der Waals surface area contributed by atoms with Gasteiger partial charge in [-0.1, -0.05) is 80.6 Å². The maximum Gasteiger partial charge on any atom is 0.0487 e. The van der Waals surface area contributed by atoms with Crippen LogP contribution < -0.4 is 0 Å². The van der Waals surface area contributed by atoms with E-state index in [-0.39, 0.29) is 5.41 Å². The number of aliphatic hydroxyl groups is 1. The highest BCUT2D eigenvalue weighted by atomic mass is 16.3. The zero-order valence-electron chi connectivity index (χ0n) is 15.5. The van der Waals surface area contributed by atoms with Crippen LogP contribution in [-0.2, 0) is 0 Å². The van der Waals surface area contributed by atoms with Gasteiger partial charge >= 0.3 is 0 Å². The summed E-state index contributed by atoms with van der Waals surface area (Å²) in [4.78, 5) is 0. The smallest absolute Gasteiger partial charge is 0.0487 e. The van der Waals surface area contributed by atoms with Crippen LogP contribution in [0.25, 0.3) is 0 Å². The van der Waals surface area contributed by atoms with Crippen molar-refractivity contribution in [1.82, 2.24) is 0 Å². The molecule has 0 aliphatic heterocycles. The van der Waals surface area contributed by atoms with E-state index in [2.05, 4.69) is 48.5 Å². The zero-order chi connectivity index (χ0) is 16.1. The van der Waals surface area contributed by atoms with Gasteiger partial charge in [-0.25, -0.2) is 0 Å². The molecule has 0 saturated carbocycles. The monoisotopic (exact) mass is 286 g/mol. The average molecular weight is 287 g/mol. The first-order valence-electron chi connectivity index (χ1n) is 9.09. The summed E-state index contributed by atoms with van der Waals surface area (Å²) < 4.78 is 0. The molecule has 0 amide bonds. The molecule has 0 unspecified atom stereocenters. The topological polar surface area (TPSA) is 20.2 Å². The fourth-order valence-electron chi connectivity index (χ4n) is 3.25. The van der Waals surface area contributed by atoms with E-state index in [1.807, 2.05) is 0 Å². The summed E-state index contributed by atoms with van der Waals surface area (Å²) >= 11 is 0. The van der Waals surface area contributed by atoms with Crippen LogP contribution in [0.2, 0.25) is 0 Å². The van der Waals surface area contributed by atoms with E-state index < -0.39 is 0 Å². The highest BCUT2D eigenvalue weighted by Gasteiger charge is 2.23. The van der Waals surface area contributed by atoms with Gasteiger partial charge in [0.15, 0.2) is 0 Å². The van der Waals surface area contributed by atoms with Gasteiger partial charge in [-0.3, -0.25) is 0 Å². The van der Waals surface area contributed by atoms with E-state index in [9.17, 15) is 0 Å². The lowest BCUT2D eigenvalue weighted by Gasteiger charge is -2.29. The van der Waals surface area contributed by atoms with E-state index in [1.54, 1.807) is 0 Å². The number of hydrogen-bond donors (Lipinski definition) is 1.